The van der Waals surface area contributed by atoms with Crippen molar-refractivity contribution in [2.45, 2.75) is 4.87 Å². The number of nitrogens with zero attached hydrogens (tertiary/aromatic N) is 2. The number of benzene rings is 4. The molecule has 2 nitrogen and oxygen atoms in total. The predicted molar refractivity (Wildman–Crippen MR) is 128 cm³/mol. The fraction of sp³-hybridized carbons (Fsp3) is 0.111. The van der Waals surface area contributed by atoms with Crippen molar-refractivity contribution in [3.8, 4) is 0 Å². The number of hydrogen-bond donors (Lipinski definition) is 0. The first-order valence-electron chi connectivity index (χ1n) is 10.1. The first-order valence-corrected chi connectivity index (χ1v) is 10.5. The van der Waals surface area contributed by atoms with Crippen molar-refractivity contribution in [2.75, 3.05) is 23.9 Å². The van der Waals surface area contributed by atoms with Crippen LogP contribution in [-0.2, 0) is 4.87 Å². The van der Waals surface area contributed by atoms with E-state index in [2.05, 4.69) is 121 Å². The summed E-state index contributed by atoms with van der Waals surface area (Å²) in [5, 5.41) is 0. The second-order valence-electron chi connectivity index (χ2n) is 7.81. The summed E-state index contributed by atoms with van der Waals surface area (Å²) in [4.78, 5) is 3.65. The van der Waals surface area contributed by atoms with Crippen LogP contribution in [0.1, 0.15) is 16.7 Å². The molecule has 3 heteroatoms. The van der Waals surface area contributed by atoms with Gasteiger partial charge in [-0.2, -0.15) is 0 Å². The zero-order valence-electron chi connectivity index (χ0n) is 17.1. The number of hydrogen-bond acceptors (Lipinski definition) is 2. The Kier molecular flexibility index (Phi) is 4.52. The number of halogens is 1. The molecule has 0 spiro atoms. The molecule has 0 N–H and O–H groups in total. The first-order chi connectivity index (χ1) is 14.6. The quantitative estimate of drug-likeness (QED) is 0.333. The monoisotopic (exact) mass is 410 g/mol. The molecule has 4 aromatic carbocycles. The molecule has 0 bridgehead atoms. The molecule has 0 aliphatic carbocycles. The normalized spacial score (nSPS) is 14.0. The van der Waals surface area contributed by atoms with Crippen molar-refractivity contribution in [1.29, 1.82) is 0 Å². The topological polar surface area (TPSA) is 6.48 Å². The fourth-order valence-corrected chi connectivity index (χ4v) is 4.80. The largest absolute Gasteiger partial charge is 0.378 e. The van der Waals surface area contributed by atoms with Crippen LogP contribution in [0.2, 0.25) is 0 Å². The van der Waals surface area contributed by atoms with Crippen molar-refractivity contribution >= 4 is 34.4 Å². The Hall–Kier alpha value is -3.23. The van der Waals surface area contributed by atoms with Crippen molar-refractivity contribution < 1.29 is 0 Å². The summed E-state index contributed by atoms with van der Waals surface area (Å²) in [6.07, 6.45) is 0. The molecular formula is C27H23ClN2. The number of para-hydroxylation sites is 3. The van der Waals surface area contributed by atoms with Gasteiger partial charge in [-0.3, -0.25) is 0 Å². The zero-order chi connectivity index (χ0) is 20.7. The van der Waals surface area contributed by atoms with E-state index in [1.807, 2.05) is 6.07 Å². The molecule has 1 heterocycles. The summed E-state index contributed by atoms with van der Waals surface area (Å²) < 4.78 is 0. The Morgan fingerprint density at radius 3 is 1.67 bits per heavy atom. The van der Waals surface area contributed by atoms with E-state index in [0.29, 0.717) is 0 Å². The molecule has 5 rings (SSSR count). The molecule has 0 unspecified atom stereocenters. The molecule has 0 radical (unpaired) electrons. The van der Waals surface area contributed by atoms with E-state index >= 15 is 0 Å². The average Bonchev–Trinajstić information content (AvgIpc) is 2.80. The highest BCUT2D eigenvalue weighted by Gasteiger charge is 2.43. The summed E-state index contributed by atoms with van der Waals surface area (Å²) >= 11 is 7.61. The first kappa shape index (κ1) is 18.8. The van der Waals surface area contributed by atoms with Crippen LogP contribution in [-0.4, -0.2) is 14.1 Å². The maximum atomic E-state index is 7.61. The Morgan fingerprint density at radius 1 is 0.633 bits per heavy atom. The average molecular weight is 411 g/mol. The van der Waals surface area contributed by atoms with Gasteiger partial charge >= 0.3 is 0 Å². The smallest absolute Gasteiger partial charge is 0.123 e. The highest BCUT2D eigenvalue weighted by molar-refractivity contribution is 6.30. The van der Waals surface area contributed by atoms with Crippen LogP contribution in [0.4, 0.5) is 22.7 Å². The maximum absolute atomic E-state index is 7.61. The summed E-state index contributed by atoms with van der Waals surface area (Å²) in [7, 11) is 4.10. The summed E-state index contributed by atoms with van der Waals surface area (Å²) in [6.45, 7) is 0. The van der Waals surface area contributed by atoms with E-state index in [-0.39, 0.29) is 0 Å². The lowest BCUT2D eigenvalue weighted by atomic mass is 9.79. The highest BCUT2D eigenvalue weighted by Crippen LogP contribution is 2.56. The maximum Gasteiger partial charge on any atom is 0.123 e. The van der Waals surface area contributed by atoms with Gasteiger partial charge in [0.05, 0.1) is 11.4 Å². The van der Waals surface area contributed by atoms with Gasteiger partial charge in [0.25, 0.3) is 0 Å². The molecule has 0 atom stereocenters. The van der Waals surface area contributed by atoms with Gasteiger partial charge < -0.3 is 9.80 Å². The van der Waals surface area contributed by atoms with Crippen LogP contribution in [0.5, 0.6) is 0 Å². The lowest BCUT2D eigenvalue weighted by molar-refractivity contribution is 0.853. The lowest BCUT2D eigenvalue weighted by Crippen LogP contribution is -2.32. The molecule has 148 valence electrons. The summed E-state index contributed by atoms with van der Waals surface area (Å²) in [6, 6.07) is 35.9. The Bertz CT molecular complexity index is 1140. The minimum atomic E-state index is -0.761. The molecule has 1 aliphatic heterocycles. The van der Waals surface area contributed by atoms with E-state index in [0.717, 1.165) is 39.4 Å². The van der Waals surface area contributed by atoms with Crippen molar-refractivity contribution in [1.82, 2.24) is 0 Å². The molecule has 0 saturated heterocycles. The summed E-state index contributed by atoms with van der Waals surface area (Å²) in [5.41, 5.74) is 7.74. The van der Waals surface area contributed by atoms with Crippen molar-refractivity contribution in [3.63, 3.8) is 0 Å². The van der Waals surface area contributed by atoms with Crippen LogP contribution in [0.15, 0.2) is 103 Å². The van der Waals surface area contributed by atoms with Gasteiger partial charge in [0, 0.05) is 36.6 Å². The van der Waals surface area contributed by atoms with Crippen LogP contribution in [0.3, 0.4) is 0 Å². The Morgan fingerprint density at radius 2 is 1.13 bits per heavy atom. The third-order valence-corrected chi connectivity index (χ3v) is 6.45. The molecule has 0 aromatic heterocycles. The fourth-order valence-electron chi connectivity index (χ4n) is 4.35. The van der Waals surface area contributed by atoms with Crippen LogP contribution >= 0.6 is 11.6 Å². The minimum Gasteiger partial charge on any atom is -0.378 e. The molecule has 0 fully saturated rings. The second kappa shape index (κ2) is 7.23. The van der Waals surface area contributed by atoms with E-state index in [9.17, 15) is 0 Å². The van der Waals surface area contributed by atoms with Gasteiger partial charge in [0.15, 0.2) is 0 Å². The summed E-state index contributed by atoms with van der Waals surface area (Å²) in [5.74, 6) is 0. The van der Waals surface area contributed by atoms with Gasteiger partial charge in [-0.05, 0) is 42.0 Å². The minimum absolute atomic E-state index is 0.761. The van der Waals surface area contributed by atoms with Gasteiger partial charge in [-0.25, -0.2) is 0 Å². The van der Waals surface area contributed by atoms with E-state index in [1.165, 1.54) is 0 Å². The van der Waals surface area contributed by atoms with E-state index in [4.69, 9.17) is 11.6 Å². The molecule has 1 aliphatic rings. The van der Waals surface area contributed by atoms with Gasteiger partial charge in [-0.1, -0.05) is 66.7 Å². The van der Waals surface area contributed by atoms with E-state index < -0.39 is 4.87 Å². The molecule has 30 heavy (non-hydrogen) atoms. The number of alkyl halides is 1. The Balaban J connectivity index is 1.78. The van der Waals surface area contributed by atoms with Gasteiger partial charge in [0.2, 0.25) is 0 Å². The third-order valence-electron chi connectivity index (χ3n) is 5.83. The zero-order valence-corrected chi connectivity index (χ0v) is 17.8. The van der Waals surface area contributed by atoms with Crippen LogP contribution < -0.4 is 9.80 Å². The standard InChI is InChI=1S/C27H23ClN2/c1-29(2)21-18-16-20(17-19-21)27(28)23-12-6-8-14-25(23)30(22-10-4-3-5-11-22)26-15-9-7-13-24(26)27/h3-19H,1-2H3. The number of rotatable bonds is 3. The Labute approximate surface area is 183 Å². The van der Waals surface area contributed by atoms with Crippen molar-refractivity contribution in [2.24, 2.45) is 0 Å². The van der Waals surface area contributed by atoms with Crippen LogP contribution in [0, 0.1) is 0 Å². The number of fused-ring (bicyclic) bond motifs is 2. The SMILES string of the molecule is CN(C)c1ccc(C2(Cl)c3ccccc3N(c3ccccc3)c3ccccc32)cc1. The molecule has 4 aromatic rings. The highest BCUT2D eigenvalue weighted by atomic mass is 35.5. The molecule has 0 saturated carbocycles. The van der Waals surface area contributed by atoms with Crippen molar-refractivity contribution in [3.05, 3.63) is 120 Å². The molecule has 0 amide bonds. The van der Waals surface area contributed by atoms with Crippen LogP contribution in [0.25, 0.3) is 0 Å². The van der Waals surface area contributed by atoms with Gasteiger partial charge in [-0.15, -0.1) is 11.6 Å². The predicted octanol–water partition coefficient (Wildman–Crippen LogP) is 7.07. The lowest BCUT2D eigenvalue weighted by Gasteiger charge is -2.42. The third kappa shape index (κ3) is 2.79. The second-order valence-corrected chi connectivity index (χ2v) is 8.37. The number of anilines is 4. The van der Waals surface area contributed by atoms with Gasteiger partial charge in [0.1, 0.15) is 4.87 Å². The molecular weight excluding hydrogens is 388 g/mol. The van der Waals surface area contributed by atoms with E-state index in [1.54, 1.807) is 0 Å².